The Kier molecular flexibility index (Phi) is 5.43. The van der Waals surface area contributed by atoms with Gasteiger partial charge in [0.2, 0.25) is 0 Å². The Labute approximate surface area is 182 Å². The molecule has 0 aliphatic rings. The van der Waals surface area contributed by atoms with Gasteiger partial charge >= 0.3 is 0 Å². The number of pyridine rings is 2. The summed E-state index contributed by atoms with van der Waals surface area (Å²) in [7, 11) is -2.23. The number of nitrogens with zero attached hydrogens (tertiary/aromatic N) is 3. The molecule has 0 fully saturated rings. The highest BCUT2D eigenvalue weighted by Gasteiger charge is 2.26. The van der Waals surface area contributed by atoms with Crippen LogP contribution in [0.3, 0.4) is 0 Å². The van der Waals surface area contributed by atoms with Crippen molar-refractivity contribution >= 4 is 34.3 Å². The van der Waals surface area contributed by atoms with Crippen LogP contribution >= 0.6 is 7.05 Å². The lowest BCUT2D eigenvalue weighted by molar-refractivity contribution is 1.17. The highest BCUT2D eigenvalue weighted by Crippen LogP contribution is 2.53. The first-order valence-electron chi connectivity index (χ1n) is 10.3. The molecule has 4 heteroatoms. The van der Waals surface area contributed by atoms with E-state index in [9.17, 15) is 0 Å². The minimum atomic E-state index is -2.23. The third-order valence-electron chi connectivity index (χ3n) is 5.37. The quantitative estimate of drug-likeness (QED) is 0.313. The zero-order chi connectivity index (χ0) is 20.9. The minimum Gasteiger partial charge on any atom is -0.261 e. The summed E-state index contributed by atoms with van der Waals surface area (Å²) < 4.78 is 5.56. The second kappa shape index (κ2) is 8.67. The highest BCUT2D eigenvalue weighted by molar-refractivity contribution is 7.80. The fraction of sp³-hybridized carbons (Fsp3) is 0.0370. The fourth-order valence-corrected chi connectivity index (χ4v) is 7.39. The van der Waals surface area contributed by atoms with E-state index in [-0.39, 0.29) is 0 Å². The molecule has 0 N–H and O–H groups in total. The molecular weight excluding hydrogens is 397 g/mol. The van der Waals surface area contributed by atoms with Gasteiger partial charge in [-0.2, -0.15) is 0 Å². The predicted octanol–water partition coefficient (Wildman–Crippen LogP) is 6.31. The maximum atomic E-state index is 5.56. The maximum Gasteiger partial charge on any atom is 0.0957 e. The number of hydrogen-bond acceptors (Lipinski definition) is 3. The zero-order valence-corrected chi connectivity index (χ0v) is 17.9. The number of benzene rings is 3. The molecule has 5 aromatic rings. The molecule has 0 aliphatic heterocycles. The van der Waals surface area contributed by atoms with E-state index in [2.05, 4.69) is 101 Å². The summed E-state index contributed by atoms with van der Waals surface area (Å²) in [6, 6.07) is 37.7. The first kappa shape index (κ1) is 19.4. The Balaban J connectivity index is 1.86. The number of aromatic nitrogens is 2. The van der Waals surface area contributed by atoms with Crippen LogP contribution < -0.4 is 10.6 Å². The second-order valence-corrected chi connectivity index (χ2v) is 10.5. The minimum absolute atomic E-state index is 0.755. The Morgan fingerprint density at radius 2 is 1.23 bits per heavy atom. The third-order valence-corrected chi connectivity index (χ3v) is 9.02. The van der Waals surface area contributed by atoms with Crippen LogP contribution in [0.15, 0.2) is 126 Å². The average Bonchev–Trinajstić information content (AvgIpc) is 2.85. The number of hydrogen-bond donors (Lipinski definition) is 0. The van der Waals surface area contributed by atoms with Gasteiger partial charge in [-0.25, -0.2) is 0 Å². The summed E-state index contributed by atoms with van der Waals surface area (Å²) in [6.45, 7) is 0. The Hall–Kier alpha value is -3.55. The predicted molar refractivity (Wildman–Crippen MR) is 131 cm³/mol. The Morgan fingerprint density at radius 3 is 1.90 bits per heavy atom. The van der Waals surface area contributed by atoms with Gasteiger partial charge in [0.05, 0.1) is 11.2 Å². The molecule has 0 atom stereocenters. The summed E-state index contributed by atoms with van der Waals surface area (Å²) >= 11 is 0. The van der Waals surface area contributed by atoms with Crippen molar-refractivity contribution in [1.29, 1.82) is 0 Å². The molecule has 0 amide bonds. The Morgan fingerprint density at radius 1 is 0.581 bits per heavy atom. The molecule has 0 bridgehead atoms. The summed E-state index contributed by atoms with van der Waals surface area (Å²) in [6.07, 6.45) is 4.45. The monoisotopic (exact) mass is 419 g/mol. The van der Waals surface area contributed by atoms with E-state index < -0.39 is 7.05 Å². The molecule has 2 aromatic heterocycles. The average molecular weight is 419 g/mol. The Bertz CT molecular complexity index is 1300. The van der Waals surface area contributed by atoms with E-state index in [1.807, 2.05) is 30.6 Å². The molecule has 3 aromatic carbocycles. The summed E-state index contributed by atoms with van der Waals surface area (Å²) in [4.78, 5) is 9.34. The van der Waals surface area contributed by atoms with Crippen LogP contribution in [0, 0.1) is 0 Å². The molecule has 0 saturated carbocycles. The van der Waals surface area contributed by atoms with Gasteiger partial charge in [0, 0.05) is 36.7 Å². The van der Waals surface area contributed by atoms with Crippen LogP contribution in [-0.4, -0.2) is 9.97 Å². The lowest BCUT2D eigenvalue weighted by Crippen LogP contribution is -2.18. The van der Waals surface area contributed by atoms with Crippen molar-refractivity contribution < 1.29 is 0 Å². The number of rotatable bonds is 5. The topological polar surface area (TPSA) is 38.1 Å². The van der Waals surface area contributed by atoms with Gasteiger partial charge in [-0.3, -0.25) is 14.7 Å². The normalized spacial score (nSPS) is 11.4. The molecule has 0 aliphatic carbocycles. The van der Waals surface area contributed by atoms with Crippen LogP contribution in [0.1, 0.15) is 5.69 Å². The summed E-state index contributed by atoms with van der Waals surface area (Å²) in [5.74, 6) is 0. The van der Waals surface area contributed by atoms with Crippen molar-refractivity contribution in [2.45, 2.75) is 6.16 Å². The van der Waals surface area contributed by atoms with Crippen molar-refractivity contribution in [3.63, 3.8) is 0 Å². The largest absolute Gasteiger partial charge is 0.261 e. The van der Waals surface area contributed by atoms with Gasteiger partial charge < -0.3 is 0 Å². The molecule has 0 spiro atoms. The van der Waals surface area contributed by atoms with E-state index in [0.29, 0.717) is 0 Å². The number of fused-ring (bicyclic) bond motifs is 1. The van der Waals surface area contributed by atoms with Gasteiger partial charge in [-0.1, -0.05) is 84.9 Å². The lowest BCUT2D eigenvalue weighted by atomic mass is 10.2. The fourth-order valence-electron chi connectivity index (χ4n) is 3.91. The van der Waals surface area contributed by atoms with E-state index in [1.54, 1.807) is 0 Å². The number of para-hydroxylation sites is 1. The van der Waals surface area contributed by atoms with E-state index >= 15 is 0 Å². The van der Waals surface area contributed by atoms with Crippen molar-refractivity contribution in [2.24, 2.45) is 4.74 Å². The molecule has 2 heterocycles. The van der Waals surface area contributed by atoms with Crippen LogP contribution in [0.5, 0.6) is 0 Å². The molecular formula is C27H22N3P. The van der Waals surface area contributed by atoms with Crippen LogP contribution in [0.2, 0.25) is 0 Å². The molecule has 0 radical (unpaired) electrons. The molecule has 0 unspecified atom stereocenters. The third kappa shape index (κ3) is 3.93. The van der Waals surface area contributed by atoms with E-state index in [4.69, 9.17) is 4.74 Å². The molecule has 31 heavy (non-hydrogen) atoms. The van der Waals surface area contributed by atoms with E-state index in [1.165, 1.54) is 10.6 Å². The second-order valence-electron chi connectivity index (χ2n) is 7.37. The molecule has 3 nitrogen and oxygen atoms in total. The highest BCUT2D eigenvalue weighted by atomic mass is 31.2. The molecule has 150 valence electrons. The van der Waals surface area contributed by atoms with Crippen molar-refractivity contribution in [3.05, 3.63) is 127 Å². The van der Waals surface area contributed by atoms with Crippen LogP contribution in [-0.2, 0) is 6.16 Å². The van der Waals surface area contributed by atoms with Gasteiger partial charge in [0.15, 0.2) is 0 Å². The van der Waals surface area contributed by atoms with Crippen LogP contribution in [0.25, 0.3) is 10.9 Å². The van der Waals surface area contributed by atoms with Crippen molar-refractivity contribution in [3.8, 4) is 0 Å². The maximum absolute atomic E-state index is 5.56. The van der Waals surface area contributed by atoms with Crippen LogP contribution in [0.4, 0.5) is 5.69 Å². The standard InChI is InChI=1S/C27H22N3P/c1-3-14-24(15-4-1)31(25-16-5-2-6-17-25,21-23-13-7-8-19-28-23)30-26-18-9-11-22-12-10-20-29-27(22)26/h1-20H,21H2. The lowest BCUT2D eigenvalue weighted by Gasteiger charge is -2.26. The summed E-state index contributed by atoms with van der Waals surface area (Å²) in [5, 5.41) is 3.57. The van der Waals surface area contributed by atoms with Gasteiger partial charge in [-0.15, -0.1) is 0 Å². The SMILES string of the molecule is c1ccc(P(Cc2ccccn2)(=Nc2cccc3cccnc23)c2ccccc2)cc1. The first-order chi connectivity index (χ1) is 15.4. The van der Waals surface area contributed by atoms with E-state index in [0.717, 1.165) is 28.4 Å². The first-order valence-corrected chi connectivity index (χ1v) is 12.2. The van der Waals surface area contributed by atoms with Gasteiger partial charge in [0.25, 0.3) is 0 Å². The van der Waals surface area contributed by atoms with Gasteiger partial charge in [-0.05, 0) is 34.9 Å². The summed E-state index contributed by atoms with van der Waals surface area (Å²) in [5.41, 5.74) is 2.90. The van der Waals surface area contributed by atoms with Crippen molar-refractivity contribution in [1.82, 2.24) is 9.97 Å². The molecule has 5 rings (SSSR count). The smallest absolute Gasteiger partial charge is 0.0957 e. The molecule has 0 saturated heterocycles. The van der Waals surface area contributed by atoms with Crippen molar-refractivity contribution in [2.75, 3.05) is 0 Å². The van der Waals surface area contributed by atoms with Gasteiger partial charge in [0.1, 0.15) is 0 Å². The zero-order valence-electron chi connectivity index (χ0n) is 17.0.